The minimum atomic E-state index is 0.228. The van der Waals surface area contributed by atoms with Crippen LogP contribution < -0.4 is 4.74 Å². The Balaban J connectivity index is 2.09. The molecule has 3 heteroatoms. The molecule has 1 aromatic carbocycles. The zero-order chi connectivity index (χ0) is 14.0. The minimum Gasteiger partial charge on any atom is -0.504 e. The fourth-order valence-electron chi connectivity index (χ4n) is 3.11. The number of nitrogens with zero attached hydrogens (tertiary/aromatic N) is 1. The number of hydrogen-bond acceptors (Lipinski definition) is 3. The lowest BCUT2D eigenvalue weighted by Gasteiger charge is -2.41. The number of ether oxygens (including phenoxy) is 1. The number of benzene rings is 1. The molecule has 3 unspecified atom stereocenters. The van der Waals surface area contributed by atoms with Crippen molar-refractivity contribution in [1.29, 1.82) is 0 Å². The van der Waals surface area contributed by atoms with Gasteiger partial charge in [0.05, 0.1) is 7.11 Å². The summed E-state index contributed by atoms with van der Waals surface area (Å²) >= 11 is 0. The number of rotatable bonds is 3. The summed E-state index contributed by atoms with van der Waals surface area (Å²) in [7, 11) is 1.57. The fourth-order valence-corrected chi connectivity index (χ4v) is 3.11. The van der Waals surface area contributed by atoms with Gasteiger partial charge in [-0.1, -0.05) is 19.9 Å². The van der Waals surface area contributed by atoms with E-state index in [1.165, 1.54) is 6.42 Å². The normalized spacial score (nSPS) is 28.3. The molecule has 19 heavy (non-hydrogen) atoms. The number of aromatic hydroxyl groups is 1. The Labute approximate surface area is 116 Å². The molecule has 1 aliphatic heterocycles. The minimum absolute atomic E-state index is 0.228. The first-order valence-electron chi connectivity index (χ1n) is 7.11. The van der Waals surface area contributed by atoms with Gasteiger partial charge in [-0.3, -0.25) is 4.90 Å². The van der Waals surface area contributed by atoms with Gasteiger partial charge in [0, 0.05) is 19.1 Å². The molecule has 0 amide bonds. The molecule has 0 aromatic heterocycles. The van der Waals surface area contributed by atoms with Gasteiger partial charge in [0.2, 0.25) is 0 Å². The molecule has 3 nitrogen and oxygen atoms in total. The second kappa shape index (κ2) is 5.83. The van der Waals surface area contributed by atoms with Gasteiger partial charge < -0.3 is 9.84 Å². The first kappa shape index (κ1) is 14.2. The molecule has 2 rings (SSSR count). The van der Waals surface area contributed by atoms with Gasteiger partial charge in [0.25, 0.3) is 0 Å². The van der Waals surface area contributed by atoms with Crippen molar-refractivity contribution in [2.45, 2.75) is 39.8 Å². The van der Waals surface area contributed by atoms with Gasteiger partial charge in [-0.2, -0.15) is 0 Å². The number of hydrogen-bond donors (Lipinski definition) is 1. The highest BCUT2D eigenvalue weighted by Gasteiger charge is 2.28. The zero-order valence-corrected chi connectivity index (χ0v) is 12.4. The van der Waals surface area contributed by atoms with Crippen molar-refractivity contribution in [3.8, 4) is 11.5 Å². The third-order valence-corrected chi connectivity index (χ3v) is 4.35. The van der Waals surface area contributed by atoms with Crippen molar-refractivity contribution in [3.63, 3.8) is 0 Å². The second-order valence-corrected chi connectivity index (χ2v) is 5.99. The van der Waals surface area contributed by atoms with Crippen molar-refractivity contribution < 1.29 is 9.84 Å². The summed E-state index contributed by atoms with van der Waals surface area (Å²) in [6, 6.07) is 6.29. The average Bonchev–Trinajstić information content (AvgIpc) is 2.35. The lowest BCUT2D eigenvalue weighted by Crippen LogP contribution is -2.45. The van der Waals surface area contributed by atoms with Crippen LogP contribution in [0.3, 0.4) is 0 Å². The molecule has 0 saturated carbocycles. The summed E-state index contributed by atoms with van der Waals surface area (Å²) in [5.41, 5.74) is 1.14. The first-order valence-corrected chi connectivity index (χ1v) is 7.11. The van der Waals surface area contributed by atoms with E-state index in [0.29, 0.717) is 11.8 Å². The van der Waals surface area contributed by atoms with Crippen LogP contribution in [0, 0.1) is 11.8 Å². The molecule has 106 valence electrons. The van der Waals surface area contributed by atoms with Crippen molar-refractivity contribution in [2.24, 2.45) is 11.8 Å². The molecule has 1 aliphatic rings. The predicted molar refractivity (Wildman–Crippen MR) is 77.5 cm³/mol. The fraction of sp³-hybridized carbons (Fsp3) is 0.625. The summed E-state index contributed by atoms with van der Waals surface area (Å²) in [5.74, 6) is 2.25. The van der Waals surface area contributed by atoms with Crippen LogP contribution in [0.4, 0.5) is 0 Å². The Kier molecular flexibility index (Phi) is 4.35. The molecular weight excluding hydrogens is 238 g/mol. The summed E-state index contributed by atoms with van der Waals surface area (Å²) < 4.78 is 5.08. The van der Waals surface area contributed by atoms with Gasteiger partial charge in [-0.25, -0.2) is 0 Å². The molecule has 1 saturated heterocycles. The maximum atomic E-state index is 9.85. The van der Waals surface area contributed by atoms with Gasteiger partial charge in [-0.15, -0.1) is 0 Å². The summed E-state index contributed by atoms with van der Waals surface area (Å²) in [6.07, 6.45) is 1.31. The number of phenols is 1. The highest BCUT2D eigenvalue weighted by Crippen LogP contribution is 2.30. The van der Waals surface area contributed by atoms with Crippen molar-refractivity contribution in [1.82, 2.24) is 4.90 Å². The Morgan fingerprint density at radius 1 is 1.32 bits per heavy atom. The average molecular weight is 263 g/mol. The van der Waals surface area contributed by atoms with Gasteiger partial charge in [0.15, 0.2) is 11.5 Å². The van der Waals surface area contributed by atoms with E-state index in [9.17, 15) is 5.11 Å². The van der Waals surface area contributed by atoms with Crippen LogP contribution in [-0.4, -0.2) is 29.7 Å². The van der Waals surface area contributed by atoms with E-state index in [1.54, 1.807) is 7.11 Å². The van der Waals surface area contributed by atoms with E-state index in [2.05, 4.69) is 25.7 Å². The molecule has 0 spiro atoms. The van der Waals surface area contributed by atoms with Gasteiger partial charge >= 0.3 is 0 Å². The molecule has 1 aromatic rings. The Bertz CT molecular complexity index is 433. The summed E-state index contributed by atoms with van der Waals surface area (Å²) in [6.45, 7) is 8.99. The predicted octanol–water partition coefficient (Wildman–Crippen LogP) is 3.27. The van der Waals surface area contributed by atoms with Crippen molar-refractivity contribution in [3.05, 3.63) is 23.8 Å². The van der Waals surface area contributed by atoms with E-state index >= 15 is 0 Å². The van der Waals surface area contributed by atoms with Crippen LogP contribution in [0.2, 0.25) is 0 Å². The summed E-state index contributed by atoms with van der Waals surface area (Å²) in [4.78, 5) is 2.51. The Morgan fingerprint density at radius 2 is 2.05 bits per heavy atom. The molecule has 3 atom stereocenters. The zero-order valence-electron chi connectivity index (χ0n) is 12.4. The molecule has 0 radical (unpaired) electrons. The Hall–Kier alpha value is -1.22. The highest BCUT2D eigenvalue weighted by atomic mass is 16.5. The van der Waals surface area contributed by atoms with Gasteiger partial charge in [0.1, 0.15) is 0 Å². The standard InChI is InChI=1S/C16H25NO2/c1-11-7-12(2)13(3)17(9-11)10-14-5-6-16(19-4)15(18)8-14/h5-6,8,11-13,18H,7,9-10H2,1-4H3. The lowest BCUT2D eigenvalue weighted by molar-refractivity contribution is 0.0729. The van der Waals surface area contributed by atoms with Crippen LogP contribution >= 0.6 is 0 Å². The lowest BCUT2D eigenvalue weighted by atomic mass is 9.86. The molecule has 1 heterocycles. The SMILES string of the molecule is COc1ccc(CN2CC(C)CC(C)C2C)cc1O. The van der Waals surface area contributed by atoms with E-state index < -0.39 is 0 Å². The molecular formula is C16H25NO2. The van der Waals surface area contributed by atoms with Gasteiger partial charge in [-0.05, 0) is 42.9 Å². The summed E-state index contributed by atoms with van der Waals surface area (Å²) in [5, 5.41) is 9.85. The van der Waals surface area contributed by atoms with E-state index in [-0.39, 0.29) is 5.75 Å². The van der Waals surface area contributed by atoms with E-state index in [1.807, 2.05) is 18.2 Å². The largest absolute Gasteiger partial charge is 0.504 e. The van der Waals surface area contributed by atoms with Crippen LogP contribution in [0.15, 0.2) is 18.2 Å². The monoisotopic (exact) mass is 263 g/mol. The van der Waals surface area contributed by atoms with Crippen LogP contribution in [0.25, 0.3) is 0 Å². The number of likely N-dealkylation sites (tertiary alicyclic amines) is 1. The maximum absolute atomic E-state index is 9.85. The van der Waals surface area contributed by atoms with Crippen LogP contribution in [0.1, 0.15) is 32.8 Å². The van der Waals surface area contributed by atoms with Crippen molar-refractivity contribution in [2.75, 3.05) is 13.7 Å². The number of methoxy groups -OCH3 is 1. The third kappa shape index (κ3) is 3.21. The van der Waals surface area contributed by atoms with Crippen LogP contribution in [0.5, 0.6) is 11.5 Å². The molecule has 0 aliphatic carbocycles. The van der Waals surface area contributed by atoms with Crippen LogP contribution in [-0.2, 0) is 6.54 Å². The first-order chi connectivity index (χ1) is 9.01. The number of phenolic OH excluding ortho intramolecular Hbond substituents is 1. The second-order valence-electron chi connectivity index (χ2n) is 5.99. The number of piperidine rings is 1. The third-order valence-electron chi connectivity index (χ3n) is 4.35. The molecule has 1 N–H and O–H groups in total. The Morgan fingerprint density at radius 3 is 2.68 bits per heavy atom. The van der Waals surface area contributed by atoms with Crippen molar-refractivity contribution >= 4 is 0 Å². The highest BCUT2D eigenvalue weighted by molar-refractivity contribution is 5.41. The van der Waals surface area contributed by atoms with E-state index in [0.717, 1.165) is 30.5 Å². The molecule has 1 fully saturated rings. The smallest absolute Gasteiger partial charge is 0.160 e. The molecule has 0 bridgehead atoms. The maximum Gasteiger partial charge on any atom is 0.160 e. The van der Waals surface area contributed by atoms with E-state index in [4.69, 9.17) is 4.74 Å². The quantitative estimate of drug-likeness (QED) is 0.908. The topological polar surface area (TPSA) is 32.7 Å².